The van der Waals surface area contributed by atoms with E-state index in [1.807, 2.05) is 6.07 Å². The fraction of sp³-hybridized carbons (Fsp3) is 0.500. The summed E-state index contributed by atoms with van der Waals surface area (Å²) >= 11 is 0. The SMILES string of the molecule is CCNC(=NC)NCC(C)(C)c1ccccc1. The van der Waals surface area contributed by atoms with Crippen molar-refractivity contribution in [2.75, 3.05) is 20.1 Å². The highest BCUT2D eigenvalue weighted by Gasteiger charge is 2.20. The van der Waals surface area contributed by atoms with Crippen molar-refractivity contribution < 1.29 is 0 Å². The molecule has 0 spiro atoms. The van der Waals surface area contributed by atoms with E-state index in [2.05, 4.69) is 60.7 Å². The highest BCUT2D eigenvalue weighted by Crippen LogP contribution is 2.21. The lowest BCUT2D eigenvalue weighted by Gasteiger charge is -2.26. The Morgan fingerprint density at radius 2 is 1.82 bits per heavy atom. The number of hydrogen-bond acceptors (Lipinski definition) is 1. The van der Waals surface area contributed by atoms with Crippen molar-refractivity contribution in [2.45, 2.75) is 26.2 Å². The zero-order valence-corrected chi connectivity index (χ0v) is 11.2. The van der Waals surface area contributed by atoms with Gasteiger partial charge in [0.25, 0.3) is 0 Å². The van der Waals surface area contributed by atoms with Crippen molar-refractivity contribution in [1.29, 1.82) is 0 Å². The number of nitrogens with one attached hydrogen (secondary N) is 2. The molecule has 0 aliphatic heterocycles. The lowest BCUT2D eigenvalue weighted by molar-refractivity contribution is 0.509. The summed E-state index contributed by atoms with van der Waals surface area (Å²) in [5, 5.41) is 6.54. The fourth-order valence-electron chi connectivity index (χ4n) is 1.68. The summed E-state index contributed by atoms with van der Waals surface area (Å²) in [4.78, 5) is 4.17. The molecular weight excluding hydrogens is 210 g/mol. The summed E-state index contributed by atoms with van der Waals surface area (Å²) in [6.07, 6.45) is 0. The number of guanidine groups is 1. The molecule has 17 heavy (non-hydrogen) atoms. The Morgan fingerprint density at radius 1 is 1.18 bits per heavy atom. The van der Waals surface area contributed by atoms with Gasteiger partial charge in [-0.15, -0.1) is 0 Å². The average molecular weight is 233 g/mol. The van der Waals surface area contributed by atoms with Gasteiger partial charge in [-0.1, -0.05) is 44.2 Å². The molecule has 0 bridgehead atoms. The molecule has 0 aromatic heterocycles. The van der Waals surface area contributed by atoms with E-state index in [-0.39, 0.29) is 5.41 Å². The van der Waals surface area contributed by atoms with E-state index in [9.17, 15) is 0 Å². The molecule has 0 atom stereocenters. The number of nitrogens with zero attached hydrogens (tertiary/aromatic N) is 1. The lowest BCUT2D eigenvalue weighted by atomic mass is 9.85. The van der Waals surface area contributed by atoms with Crippen molar-refractivity contribution in [2.24, 2.45) is 4.99 Å². The van der Waals surface area contributed by atoms with Gasteiger partial charge in [-0.2, -0.15) is 0 Å². The Balaban J connectivity index is 2.61. The maximum Gasteiger partial charge on any atom is 0.190 e. The van der Waals surface area contributed by atoms with Gasteiger partial charge < -0.3 is 10.6 Å². The first-order valence-electron chi connectivity index (χ1n) is 6.10. The van der Waals surface area contributed by atoms with Crippen LogP contribution in [0.1, 0.15) is 26.3 Å². The van der Waals surface area contributed by atoms with Crippen molar-refractivity contribution in [3.05, 3.63) is 35.9 Å². The lowest BCUT2D eigenvalue weighted by Crippen LogP contribution is -2.43. The minimum atomic E-state index is 0.0899. The topological polar surface area (TPSA) is 36.4 Å². The number of hydrogen-bond donors (Lipinski definition) is 2. The zero-order valence-electron chi connectivity index (χ0n) is 11.2. The minimum absolute atomic E-state index is 0.0899. The first-order chi connectivity index (χ1) is 8.10. The molecule has 1 aromatic carbocycles. The number of benzene rings is 1. The molecule has 0 radical (unpaired) electrons. The van der Waals surface area contributed by atoms with Gasteiger partial charge in [0.2, 0.25) is 0 Å². The van der Waals surface area contributed by atoms with Crippen LogP contribution in [0, 0.1) is 0 Å². The van der Waals surface area contributed by atoms with Gasteiger partial charge in [-0.3, -0.25) is 4.99 Å². The zero-order chi connectivity index (χ0) is 12.7. The molecule has 0 unspecified atom stereocenters. The van der Waals surface area contributed by atoms with E-state index < -0.39 is 0 Å². The predicted octanol–water partition coefficient (Wildman–Crippen LogP) is 2.15. The Morgan fingerprint density at radius 3 is 2.35 bits per heavy atom. The van der Waals surface area contributed by atoms with Gasteiger partial charge in [0.15, 0.2) is 5.96 Å². The van der Waals surface area contributed by atoms with Crippen LogP contribution in [-0.4, -0.2) is 26.1 Å². The standard InChI is InChI=1S/C14H23N3/c1-5-16-13(15-4)17-11-14(2,3)12-9-7-6-8-10-12/h6-10H,5,11H2,1-4H3,(H2,15,16,17). The Hall–Kier alpha value is -1.51. The van der Waals surface area contributed by atoms with Gasteiger partial charge in [0.1, 0.15) is 0 Å². The second kappa shape index (κ2) is 6.28. The van der Waals surface area contributed by atoms with Gasteiger partial charge in [0, 0.05) is 25.6 Å². The molecule has 0 saturated heterocycles. The summed E-state index contributed by atoms with van der Waals surface area (Å²) < 4.78 is 0. The quantitative estimate of drug-likeness (QED) is 0.617. The third kappa shape index (κ3) is 4.10. The van der Waals surface area contributed by atoms with Crippen LogP contribution in [-0.2, 0) is 5.41 Å². The van der Waals surface area contributed by atoms with Gasteiger partial charge in [-0.05, 0) is 12.5 Å². The highest BCUT2D eigenvalue weighted by atomic mass is 15.2. The monoisotopic (exact) mass is 233 g/mol. The molecular formula is C14H23N3. The maximum atomic E-state index is 4.17. The minimum Gasteiger partial charge on any atom is -0.357 e. The molecule has 3 heteroatoms. The third-order valence-corrected chi connectivity index (χ3v) is 2.82. The van der Waals surface area contributed by atoms with Crippen LogP contribution >= 0.6 is 0 Å². The van der Waals surface area contributed by atoms with E-state index in [0.717, 1.165) is 19.0 Å². The molecule has 2 N–H and O–H groups in total. The average Bonchev–Trinajstić information content (AvgIpc) is 2.35. The van der Waals surface area contributed by atoms with E-state index >= 15 is 0 Å². The summed E-state index contributed by atoms with van der Waals surface area (Å²) in [7, 11) is 1.79. The first kappa shape index (κ1) is 13.6. The molecule has 0 saturated carbocycles. The van der Waals surface area contributed by atoms with Crippen LogP contribution in [0.5, 0.6) is 0 Å². The normalized spacial score (nSPS) is 12.4. The van der Waals surface area contributed by atoms with E-state index in [0.29, 0.717) is 0 Å². The van der Waals surface area contributed by atoms with E-state index in [1.165, 1.54) is 5.56 Å². The molecule has 0 amide bonds. The van der Waals surface area contributed by atoms with Gasteiger partial charge in [-0.25, -0.2) is 0 Å². The first-order valence-corrected chi connectivity index (χ1v) is 6.10. The summed E-state index contributed by atoms with van der Waals surface area (Å²) in [6, 6.07) is 10.5. The van der Waals surface area contributed by atoms with Crippen LogP contribution in [0.3, 0.4) is 0 Å². The molecule has 1 rings (SSSR count). The summed E-state index contributed by atoms with van der Waals surface area (Å²) in [5.41, 5.74) is 1.42. The fourth-order valence-corrected chi connectivity index (χ4v) is 1.68. The van der Waals surface area contributed by atoms with Crippen molar-refractivity contribution >= 4 is 5.96 Å². The van der Waals surface area contributed by atoms with Crippen LogP contribution in [0.25, 0.3) is 0 Å². The van der Waals surface area contributed by atoms with Crippen molar-refractivity contribution in [1.82, 2.24) is 10.6 Å². The third-order valence-electron chi connectivity index (χ3n) is 2.82. The Kier molecular flexibility index (Phi) is 5.01. The highest BCUT2D eigenvalue weighted by molar-refractivity contribution is 5.79. The van der Waals surface area contributed by atoms with Gasteiger partial charge >= 0.3 is 0 Å². The molecule has 1 aromatic rings. The molecule has 3 nitrogen and oxygen atoms in total. The smallest absolute Gasteiger partial charge is 0.190 e. The van der Waals surface area contributed by atoms with Crippen LogP contribution in [0.2, 0.25) is 0 Å². The predicted molar refractivity (Wildman–Crippen MR) is 74.5 cm³/mol. The van der Waals surface area contributed by atoms with E-state index in [1.54, 1.807) is 7.05 Å². The van der Waals surface area contributed by atoms with E-state index in [4.69, 9.17) is 0 Å². The Labute approximate surface area is 104 Å². The summed E-state index contributed by atoms with van der Waals surface area (Å²) in [6.45, 7) is 8.26. The molecule has 0 fully saturated rings. The number of aliphatic imine (C=N–C) groups is 1. The van der Waals surface area contributed by atoms with Crippen molar-refractivity contribution in [3.8, 4) is 0 Å². The van der Waals surface area contributed by atoms with Crippen molar-refractivity contribution in [3.63, 3.8) is 0 Å². The molecule has 0 aliphatic rings. The van der Waals surface area contributed by atoms with Crippen LogP contribution in [0.15, 0.2) is 35.3 Å². The largest absolute Gasteiger partial charge is 0.357 e. The molecule has 0 aliphatic carbocycles. The molecule has 0 heterocycles. The second-order valence-electron chi connectivity index (χ2n) is 4.71. The van der Waals surface area contributed by atoms with Gasteiger partial charge in [0.05, 0.1) is 0 Å². The maximum absolute atomic E-state index is 4.17. The molecule has 94 valence electrons. The second-order valence-corrected chi connectivity index (χ2v) is 4.71. The number of rotatable bonds is 4. The summed E-state index contributed by atoms with van der Waals surface area (Å²) in [5.74, 6) is 0.858. The van der Waals surface area contributed by atoms with Crippen LogP contribution < -0.4 is 10.6 Å². The van der Waals surface area contributed by atoms with Crippen LogP contribution in [0.4, 0.5) is 0 Å². The Bertz CT molecular complexity index is 355.